The van der Waals surface area contributed by atoms with Gasteiger partial charge in [0.05, 0.1) is 25.1 Å². The Morgan fingerprint density at radius 3 is 2.40 bits per heavy atom. The second-order valence-electron chi connectivity index (χ2n) is 5.25. The molecule has 3 rings (SSSR count). The van der Waals surface area contributed by atoms with Gasteiger partial charge in [0.1, 0.15) is 11.6 Å². The molecular weight excluding hydrogens is 323 g/mol. The summed E-state index contributed by atoms with van der Waals surface area (Å²) < 4.78 is 24.9. The zero-order valence-electron chi connectivity index (χ0n) is 13.9. The molecule has 0 saturated heterocycles. The van der Waals surface area contributed by atoms with Gasteiger partial charge < -0.3 is 9.47 Å². The Bertz CT molecular complexity index is 871. The zero-order valence-corrected chi connectivity index (χ0v) is 13.9. The Morgan fingerprint density at radius 2 is 1.80 bits per heavy atom. The first-order valence-corrected chi connectivity index (χ1v) is 7.80. The minimum Gasteiger partial charge on any atom is -0.497 e. The van der Waals surface area contributed by atoms with Gasteiger partial charge in [0.25, 0.3) is 0 Å². The van der Waals surface area contributed by atoms with Gasteiger partial charge in [-0.1, -0.05) is 0 Å². The molecule has 0 atom stereocenters. The maximum Gasteiger partial charge on any atom is 0.357 e. The monoisotopic (exact) mass is 340 g/mol. The van der Waals surface area contributed by atoms with E-state index in [1.165, 1.54) is 16.8 Å². The zero-order chi connectivity index (χ0) is 17.8. The lowest BCUT2D eigenvalue weighted by Gasteiger charge is -2.06. The van der Waals surface area contributed by atoms with Gasteiger partial charge >= 0.3 is 5.97 Å². The maximum atomic E-state index is 13.2. The Kier molecular flexibility index (Phi) is 4.79. The largest absolute Gasteiger partial charge is 0.497 e. The summed E-state index contributed by atoms with van der Waals surface area (Å²) in [5.74, 6) is -0.115. The van der Waals surface area contributed by atoms with Crippen LogP contribution < -0.4 is 4.74 Å². The number of ether oxygens (including phenoxy) is 2. The lowest BCUT2D eigenvalue weighted by Crippen LogP contribution is -2.11. The molecule has 2 aromatic carbocycles. The van der Waals surface area contributed by atoms with E-state index < -0.39 is 5.97 Å². The summed E-state index contributed by atoms with van der Waals surface area (Å²) in [5, 5.41) is 4.49. The van der Waals surface area contributed by atoms with Crippen molar-refractivity contribution < 1.29 is 18.7 Å². The number of rotatable bonds is 5. The van der Waals surface area contributed by atoms with Crippen molar-refractivity contribution in [3.05, 3.63) is 66.1 Å². The van der Waals surface area contributed by atoms with Crippen molar-refractivity contribution >= 4 is 5.97 Å². The van der Waals surface area contributed by atoms with Crippen molar-refractivity contribution in [2.45, 2.75) is 6.92 Å². The van der Waals surface area contributed by atoms with Crippen LogP contribution in [0.25, 0.3) is 16.9 Å². The van der Waals surface area contributed by atoms with Crippen molar-refractivity contribution in [1.29, 1.82) is 0 Å². The van der Waals surface area contributed by atoms with Gasteiger partial charge in [0, 0.05) is 5.56 Å². The number of benzene rings is 2. The fourth-order valence-corrected chi connectivity index (χ4v) is 2.41. The van der Waals surface area contributed by atoms with Gasteiger partial charge in [-0.15, -0.1) is 0 Å². The first-order valence-electron chi connectivity index (χ1n) is 7.80. The van der Waals surface area contributed by atoms with E-state index in [0.717, 1.165) is 11.3 Å². The molecule has 6 heteroatoms. The summed E-state index contributed by atoms with van der Waals surface area (Å²) in [6.07, 6.45) is 0. The first-order chi connectivity index (χ1) is 12.1. The number of halogens is 1. The third-order valence-corrected chi connectivity index (χ3v) is 3.65. The minimum atomic E-state index is -0.487. The Hall–Kier alpha value is -3.15. The lowest BCUT2D eigenvalue weighted by atomic mass is 10.1. The third-order valence-electron chi connectivity index (χ3n) is 3.65. The normalized spacial score (nSPS) is 10.5. The van der Waals surface area contributed by atoms with Crippen molar-refractivity contribution in [1.82, 2.24) is 9.78 Å². The van der Waals surface area contributed by atoms with E-state index in [1.54, 1.807) is 32.2 Å². The second-order valence-corrected chi connectivity index (χ2v) is 5.25. The SMILES string of the molecule is CCOC(=O)c1cc(-c2ccc(OC)cc2)nn1-c1ccc(F)cc1. The van der Waals surface area contributed by atoms with Gasteiger partial charge in [-0.2, -0.15) is 5.10 Å². The number of carbonyl (C=O) groups excluding carboxylic acids is 1. The number of carbonyl (C=O) groups is 1. The maximum absolute atomic E-state index is 13.2. The van der Waals surface area contributed by atoms with Crippen molar-refractivity contribution in [2.24, 2.45) is 0 Å². The Morgan fingerprint density at radius 1 is 1.12 bits per heavy atom. The molecule has 0 aliphatic rings. The highest BCUT2D eigenvalue weighted by atomic mass is 19.1. The van der Waals surface area contributed by atoms with Crippen LogP contribution in [0.4, 0.5) is 4.39 Å². The minimum absolute atomic E-state index is 0.255. The smallest absolute Gasteiger partial charge is 0.357 e. The number of hydrogen-bond acceptors (Lipinski definition) is 4. The average Bonchev–Trinajstić information content (AvgIpc) is 3.08. The highest BCUT2D eigenvalue weighted by Crippen LogP contribution is 2.24. The first kappa shape index (κ1) is 16.7. The van der Waals surface area contributed by atoms with Crippen molar-refractivity contribution in [3.8, 4) is 22.7 Å². The van der Waals surface area contributed by atoms with E-state index in [-0.39, 0.29) is 18.1 Å². The number of esters is 1. The molecule has 0 amide bonds. The molecule has 0 spiro atoms. The predicted octanol–water partition coefficient (Wildman–Crippen LogP) is 3.86. The molecule has 25 heavy (non-hydrogen) atoms. The van der Waals surface area contributed by atoms with Gasteiger partial charge in [0.15, 0.2) is 5.69 Å². The summed E-state index contributed by atoms with van der Waals surface area (Å²) >= 11 is 0. The fraction of sp³-hybridized carbons (Fsp3) is 0.158. The highest BCUT2D eigenvalue weighted by Gasteiger charge is 2.18. The predicted molar refractivity (Wildman–Crippen MR) is 91.5 cm³/mol. The van der Waals surface area contributed by atoms with Gasteiger partial charge in [0.2, 0.25) is 0 Å². The average molecular weight is 340 g/mol. The number of methoxy groups -OCH3 is 1. The summed E-state index contributed by atoms with van der Waals surface area (Å²) in [4.78, 5) is 12.3. The molecule has 0 fully saturated rings. The molecule has 5 nitrogen and oxygen atoms in total. The lowest BCUT2D eigenvalue weighted by molar-refractivity contribution is 0.0515. The van der Waals surface area contributed by atoms with Crippen LogP contribution in [0.3, 0.4) is 0 Å². The molecule has 0 bridgehead atoms. The van der Waals surface area contributed by atoms with E-state index in [9.17, 15) is 9.18 Å². The highest BCUT2D eigenvalue weighted by molar-refractivity contribution is 5.89. The molecular formula is C19H17FN2O3. The topological polar surface area (TPSA) is 53.4 Å². The van der Waals surface area contributed by atoms with E-state index in [4.69, 9.17) is 9.47 Å². The van der Waals surface area contributed by atoms with E-state index in [0.29, 0.717) is 11.4 Å². The summed E-state index contributed by atoms with van der Waals surface area (Å²) in [7, 11) is 1.59. The quantitative estimate of drug-likeness (QED) is 0.662. The molecule has 0 N–H and O–H groups in total. The molecule has 1 aromatic heterocycles. The molecule has 1 heterocycles. The number of hydrogen-bond donors (Lipinski definition) is 0. The van der Waals surface area contributed by atoms with E-state index in [1.807, 2.05) is 24.3 Å². The fourth-order valence-electron chi connectivity index (χ4n) is 2.41. The van der Waals surface area contributed by atoms with E-state index >= 15 is 0 Å². The Labute approximate surface area is 144 Å². The van der Waals surface area contributed by atoms with Crippen LogP contribution in [0.1, 0.15) is 17.4 Å². The van der Waals surface area contributed by atoms with Crippen LogP contribution in [0.5, 0.6) is 5.75 Å². The molecule has 0 saturated carbocycles. The molecule has 0 aliphatic carbocycles. The summed E-state index contributed by atoms with van der Waals surface area (Å²) in [6.45, 7) is 1.99. The molecule has 0 unspecified atom stereocenters. The van der Waals surface area contributed by atoms with E-state index in [2.05, 4.69) is 5.10 Å². The van der Waals surface area contributed by atoms with Crippen LogP contribution in [0.2, 0.25) is 0 Å². The second kappa shape index (κ2) is 7.17. The van der Waals surface area contributed by atoms with Crippen LogP contribution in [-0.4, -0.2) is 29.5 Å². The standard InChI is InChI=1S/C19H17FN2O3/c1-3-25-19(23)18-12-17(13-4-10-16(24-2)11-5-13)21-22(18)15-8-6-14(20)7-9-15/h4-12H,3H2,1-2H3. The number of nitrogens with zero attached hydrogens (tertiary/aromatic N) is 2. The third kappa shape index (κ3) is 3.52. The summed E-state index contributed by atoms with van der Waals surface area (Å²) in [5.41, 5.74) is 2.28. The molecule has 0 aliphatic heterocycles. The molecule has 3 aromatic rings. The number of aromatic nitrogens is 2. The molecule has 128 valence electrons. The Balaban J connectivity index is 2.07. The van der Waals surface area contributed by atoms with Crippen molar-refractivity contribution in [2.75, 3.05) is 13.7 Å². The molecule has 0 radical (unpaired) electrons. The van der Waals surface area contributed by atoms with Crippen LogP contribution in [0.15, 0.2) is 54.6 Å². The van der Waals surface area contributed by atoms with Gasteiger partial charge in [-0.25, -0.2) is 13.9 Å². The van der Waals surface area contributed by atoms with Gasteiger partial charge in [-0.3, -0.25) is 0 Å². The van der Waals surface area contributed by atoms with Gasteiger partial charge in [-0.05, 0) is 61.5 Å². The van der Waals surface area contributed by atoms with Crippen molar-refractivity contribution in [3.63, 3.8) is 0 Å². The van der Waals surface area contributed by atoms with Crippen LogP contribution in [0, 0.1) is 5.82 Å². The summed E-state index contributed by atoms with van der Waals surface area (Å²) in [6, 6.07) is 14.7. The van der Waals surface area contributed by atoms with Crippen LogP contribution >= 0.6 is 0 Å². The van der Waals surface area contributed by atoms with Crippen LogP contribution in [-0.2, 0) is 4.74 Å².